The second kappa shape index (κ2) is 3.27. The molecular weight excluding hydrogens is 160 g/mol. The van der Waals surface area contributed by atoms with E-state index in [1.807, 2.05) is 0 Å². The van der Waals surface area contributed by atoms with Crippen LogP contribution in [-0.2, 0) is 4.74 Å². The summed E-state index contributed by atoms with van der Waals surface area (Å²) in [6.07, 6.45) is 4.24. The van der Waals surface area contributed by atoms with Gasteiger partial charge >= 0.3 is 0 Å². The van der Waals surface area contributed by atoms with Gasteiger partial charge in [-0.25, -0.2) is 0 Å². The van der Waals surface area contributed by atoms with E-state index in [4.69, 9.17) is 4.74 Å². The Hall–Kier alpha value is -0.0400. The summed E-state index contributed by atoms with van der Waals surface area (Å²) in [4.78, 5) is 0. The van der Waals surface area contributed by atoms with E-state index in [9.17, 15) is 0 Å². The van der Waals surface area contributed by atoms with Gasteiger partial charge in [-0.15, -0.1) is 0 Å². The van der Waals surface area contributed by atoms with Gasteiger partial charge in [0.15, 0.2) is 0 Å². The van der Waals surface area contributed by atoms with Crippen molar-refractivity contribution in [2.24, 2.45) is 23.2 Å². The molecule has 3 atom stereocenters. The highest BCUT2D eigenvalue weighted by Crippen LogP contribution is 2.44. The van der Waals surface area contributed by atoms with Crippen LogP contribution in [0.2, 0.25) is 0 Å². The maximum Gasteiger partial charge on any atom is 0.0498 e. The zero-order chi connectivity index (χ0) is 9.47. The lowest BCUT2D eigenvalue weighted by molar-refractivity contribution is 0.121. The van der Waals surface area contributed by atoms with Gasteiger partial charge in [-0.3, -0.25) is 0 Å². The lowest BCUT2D eigenvalue weighted by Gasteiger charge is -2.38. The fourth-order valence-electron chi connectivity index (χ4n) is 2.91. The summed E-state index contributed by atoms with van der Waals surface area (Å²) in [5.74, 6) is 2.71. The molecule has 0 radical (unpaired) electrons. The number of hydrogen-bond acceptors (Lipinski definition) is 1. The summed E-state index contributed by atoms with van der Waals surface area (Å²) in [5.41, 5.74) is 0.508. The minimum absolute atomic E-state index is 0. The van der Waals surface area contributed by atoms with Gasteiger partial charge in [0.25, 0.3) is 0 Å². The Morgan fingerprint density at radius 3 is 2.46 bits per heavy atom. The average molecular weight is 184 g/mol. The van der Waals surface area contributed by atoms with E-state index >= 15 is 0 Å². The van der Waals surface area contributed by atoms with Crippen LogP contribution in [0.4, 0.5) is 0 Å². The highest BCUT2D eigenvalue weighted by atomic mass is 16.5. The quantitative estimate of drug-likeness (QED) is 0.561. The Morgan fingerprint density at radius 2 is 1.77 bits per heavy atom. The number of ether oxygens (including phenoxy) is 1. The average Bonchev–Trinajstić information content (AvgIpc) is 2.47. The summed E-state index contributed by atoms with van der Waals surface area (Å²) in [5, 5.41) is 0. The third-order valence-electron chi connectivity index (χ3n) is 4.03. The third kappa shape index (κ3) is 1.90. The maximum absolute atomic E-state index is 5.55. The molecule has 1 aliphatic carbocycles. The molecule has 2 aliphatic rings. The largest absolute Gasteiger partial charge is 0.381 e. The minimum atomic E-state index is 0. The smallest absolute Gasteiger partial charge is 0.0498 e. The minimum Gasteiger partial charge on any atom is -0.381 e. The van der Waals surface area contributed by atoms with Crippen molar-refractivity contribution in [3.8, 4) is 0 Å². The zero-order valence-corrected chi connectivity index (χ0v) is 9.18. The molecule has 0 aromatic rings. The Labute approximate surface area is 83.3 Å². The molecule has 1 saturated carbocycles. The molecule has 1 heteroatoms. The van der Waals surface area contributed by atoms with Crippen molar-refractivity contribution in [1.82, 2.24) is 0 Å². The normalized spacial score (nSPS) is 40.4. The molecule has 1 saturated heterocycles. The van der Waals surface area contributed by atoms with Crippen molar-refractivity contribution in [2.45, 2.75) is 40.0 Å². The summed E-state index contributed by atoms with van der Waals surface area (Å²) in [6, 6.07) is 0. The Bertz CT molecular complexity index is 185. The summed E-state index contributed by atoms with van der Waals surface area (Å²) in [6.45, 7) is 9.23. The Balaban J connectivity index is 0.000000980. The van der Waals surface area contributed by atoms with E-state index in [2.05, 4.69) is 20.8 Å². The highest BCUT2D eigenvalue weighted by Gasteiger charge is 2.38. The molecule has 13 heavy (non-hydrogen) atoms. The van der Waals surface area contributed by atoms with Crippen LogP contribution in [0.1, 0.15) is 41.5 Å². The summed E-state index contributed by atoms with van der Waals surface area (Å²) in [7, 11) is 0. The van der Waals surface area contributed by atoms with Gasteiger partial charge in [0, 0.05) is 14.6 Å². The Morgan fingerprint density at radius 1 is 1.08 bits per heavy atom. The first-order chi connectivity index (χ1) is 6.07. The monoisotopic (exact) mass is 184 g/mol. The van der Waals surface area contributed by atoms with Crippen LogP contribution >= 0.6 is 0 Å². The van der Waals surface area contributed by atoms with Crippen LogP contribution in [0.5, 0.6) is 0 Å². The van der Waals surface area contributed by atoms with Gasteiger partial charge in [-0.05, 0) is 42.4 Å². The number of fused-ring (bicyclic) bond motifs is 1. The highest BCUT2D eigenvalue weighted by molar-refractivity contribution is 4.87. The van der Waals surface area contributed by atoms with Gasteiger partial charge in [0.05, 0.1) is 0 Å². The molecule has 1 nitrogen and oxygen atoms in total. The molecule has 2 unspecified atom stereocenters. The molecule has 2 rings (SSSR count). The van der Waals surface area contributed by atoms with E-state index < -0.39 is 0 Å². The second-order valence-electron chi connectivity index (χ2n) is 5.93. The second-order valence-corrected chi connectivity index (χ2v) is 5.93. The van der Waals surface area contributed by atoms with Gasteiger partial charge < -0.3 is 4.74 Å². The molecule has 0 amide bonds. The van der Waals surface area contributed by atoms with E-state index in [-0.39, 0.29) is 1.43 Å². The van der Waals surface area contributed by atoms with Gasteiger partial charge in [0.1, 0.15) is 0 Å². The Kier molecular flexibility index (Phi) is 2.39. The predicted octanol–water partition coefficient (Wildman–Crippen LogP) is 3.34. The predicted molar refractivity (Wildman–Crippen MR) is 56.7 cm³/mol. The molecule has 0 spiro atoms. The van der Waals surface area contributed by atoms with Crippen molar-refractivity contribution >= 4 is 0 Å². The molecule has 0 aromatic carbocycles. The fraction of sp³-hybridized carbons (Fsp3) is 1.00. The van der Waals surface area contributed by atoms with Crippen LogP contribution in [0.15, 0.2) is 0 Å². The topological polar surface area (TPSA) is 9.23 Å². The van der Waals surface area contributed by atoms with Crippen LogP contribution in [0.3, 0.4) is 0 Å². The van der Waals surface area contributed by atoms with E-state index in [0.29, 0.717) is 5.41 Å². The van der Waals surface area contributed by atoms with E-state index in [0.717, 1.165) is 31.0 Å². The number of rotatable bonds is 0. The van der Waals surface area contributed by atoms with Crippen LogP contribution in [0, 0.1) is 23.2 Å². The summed E-state index contributed by atoms with van der Waals surface area (Å²) >= 11 is 0. The van der Waals surface area contributed by atoms with E-state index in [1.165, 1.54) is 19.3 Å². The van der Waals surface area contributed by atoms with Crippen molar-refractivity contribution in [2.75, 3.05) is 13.2 Å². The molecule has 0 bridgehead atoms. The molecular formula is C12H24O. The van der Waals surface area contributed by atoms with Gasteiger partial charge in [-0.2, -0.15) is 0 Å². The van der Waals surface area contributed by atoms with Gasteiger partial charge in [-0.1, -0.05) is 20.8 Å². The summed E-state index contributed by atoms with van der Waals surface area (Å²) < 4.78 is 5.55. The molecule has 0 N–H and O–H groups in total. The molecule has 78 valence electrons. The molecule has 2 fully saturated rings. The first-order valence-electron chi connectivity index (χ1n) is 5.65. The third-order valence-corrected chi connectivity index (χ3v) is 4.03. The SMILES string of the molecule is CC(C)(C)C1CC[C@H]2COCC2C1.[HH]. The van der Waals surface area contributed by atoms with Crippen molar-refractivity contribution in [1.29, 1.82) is 0 Å². The molecule has 1 heterocycles. The van der Waals surface area contributed by atoms with Crippen molar-refractivity contribution in [3.63, 3.8) is 0 Å². The maximum atomic E-state index is 5.55. The van der Waals surface area contributed by atoms with Gasteiger partial charge in [0.2, 0.25) is 0 Å². The first-order valence-corrected chi connectivity index (χ1v) is 5.65. The first kappa shape index (κ1) is 9.51. The van der Waals surface area contributed by atoms with Crippen molar-refractivity contribution < 1.29 is 6.16 Å². The zero-order valence-electron chi connectivity index (χ0n) is 9.18. The molecule has 1 aliphatic heterocycles. The van der Waals surface area contributed by atoms with E-state index in [1.54, 1.807) is 0 Å². The van der Waals surface area contributed by atoms with Crippen LogP contribution in [0.25, 0.3) is 0 Å². The van der Waals surface area contributed by atoms with Crippen LogP contribution in [-0.4, -0.2) is 13.2 Å². The standard InChI is InChI=1S/C12H22O.H2/c1-12(2,3)11-5-4-9-7-13-8-10(9)6-11;/h9-11H,4-8H2,1-3H3;1H/t9-,10?,11?;/m0./s1. The lowest BCUT2D eigenvalue weighted by Crippen LogP contribution is -2.31. The fourth-order valence-corrected chi connectivity index (χ4v) is 2.91. The molecule has 0 aromatic heterocycles. The van der Waals surface area contributed by atoms with Crippen LogP contribution < -0.4 is 0 Å². The lowest BCUT2D eigenvalue weighted by atomic mass is 9.66. The number of hydrogen-bond donors (Lipinski definition) is 0. The van der Waals surface area contributed by atoms with Crippen molar-refractivity contribution in [3.05, 3.63) is 0 Å².